The van der Waals surface area contributed by atoms with Crippen molar-refractivity contribution in [3.05, 3.63) is 22.2 Å². The van der Waals surface area contributed by atoms with E-state index in [-0.39, 0.29) is 0 Å². The fraction of sp³-hybridized carbons (Fsp3) is 0.571. The smallest absolute Gasteiger partial charge is 0.139 e. The van der Waals surface area contributed by atoms with Crippen molar-refractivity contribution in [3.63, 3.8) is 0 Å². The summed E-state index contributed by atoms with van der Waals surface area (Å²) in [5.41, 5.74) is 6.77. The molecular formula is C14H22BrNO2. The summed E-state index contributed by atoms with van der Waals surface area (Å²) in [7, 11) is 3.34. The number of hydrogen-bond acceptors (Lipinski definition) is 3. The predicted molar refractivity (Wildman–Crippen MR) is 78.4 cm³/mol. The molecule has 0 heterocycles. The molecule has 4 heteroatoms. The third kappa shape index (κ3) is 3.89. The van der Waals surface area contributed by atoms with Gasteiger partial charge in [-0.3, -0.25) is 0 Å². The van der Waals surface area contributed by atoms with Crippen LogP contribution in [-0.4, -0.2) is 20.8 Å². The average Bonchev–Trinajstić information content (AvgIpc) is 2.36. The molecule has 0 spiro atoms. The zero-order valence-corrected chi connectivity index (χ0v) is 12.9. The highest BCUT2D eigenvalue weighted by molar-refractivity contribution is 9.10. The van der Waals surface area contributed by atoms with Gasteiger partial charge in [0.2, 0.25) is 0 Å². The van der Waals surface area contributed by atoms with Crippen LogP contribution in [0.5, 0.6) is 11.5 Å². The van der Waals surface area contributed by atoms with Crippen molar-refractivity contribution in [2.45, 2.75) is 26.2 Å². The van der Waals surface area contributed by atoms with Gasteiger partial charge >= 0.3 is 0 Å². The number of benzene rings is 1. The van der Waals surface area contributed by atoms with Crippen molar-refractivity contribution in [1.82, 2.24) is 0 Å². The molecule has 0 amide bonds. The van der Waals surface area contributed by atoms with E-state index in [1.807, 2.05) is 6.07 Å². The van der Waals surface area contributed by atoms with Gasteiger partial charge in [-0.05, 0) is 59.3 Å². The van der Waals surface area contributed by atoms with E-state index >= 15 is 0 Å². The SMILES string of the molecule is COc1ccc(CCC(C)CCN)c(OC)c1Br. The molecule has 0 saturated carbocycles. The highest BCUT2D eigenvalue weighted by Gasteiger charge is 2.13. The summed E-state index contributed by atoms with van der Waals surface area (Å²) in [5, 5.41) is 0. The molecular weight excluding hydrogens is 294 g/mol. The Labute approximate surface area is 118 Å². The van der Waals surface area contributed by atoms with Gasteiger partial charge in [-0.1, -0.05) is 13.0 Å². The van der Waals surface area contributed by atoms with Gasteiger partial charge < -0.3 is 15.2 Å². The van der Waals surface area contributed by atoms with Crippen LogP contribution in [0, 0.1) is 5.92 Å². The first-order chi connectivity index (χ1) is 8.63. The highest BCUT2D eigenvalue weighted by atomic mass is 79.9. The number of ether oxygens (including phenoxy) is 2. The molecule has 2 N–H and O–H groups in total. The maximum atomic E-state index is 5.57. The monoisotopic (exact) mass is 315 g/mol. The second-order valence-electron chi connectivity index (χ2n) is 4.50. The van der Waals surface area contributed by atoms with E-state index in [4.69, 9.17) is 15.2 Å². The Morgan fingerprint density at radius 1 is 1.22 bits per heavy atom. The molecule has 0 fully saturated rings. The standard InChI is InChI=1S/C14H22BrNO2/c1-10(8-9-16)4-5-11-6-7-12(17-2)13(15)14(11)18-3/h6-7,10H,4-5,8-9,16H2,1-3H3. The zero-order valence-electron chi connectivity index (χ0n) is 11.3. The van der Waals surface area contributed by atoms with Gasteiger partial charge in [0.05, 0.1) is 14.2 Å². The van der Waals surface area contributed by atoms with Gasteiger partial charge in [0, 0.05) is 0 Å². The Balaban J connectivity index is 2.79. The van der Waals surface area contributed by atoms with Crippen LogP contribution in [0.2, 0.25) is 0 Å². The van der Waals surface area contributed by atoms with E-state index < -0.39 is 0 Å². The van der Waals surface area contributed by atoms with E-state index in [0.29, 0.717) is 5.92 Å². The summed E-state index contributed by atoms with van der Waals surface area (Å²) in [4.78, 5) is 0. The van der Waals surface area contributed by atoms with Gasteiger partial charge in [0.15, 0.2) is 0 Å². The first kappa shape index (κ1) is 15.3. The second-order valence-corrected chi connectivity index (χ2v) is 5.29. The molecule has 0 bridgehead atoms. The lowest BCUT2D eigenvalue weighted by atomic mass is 9.98. The van der Waals surface area contributed by atoms with Crippen molar-refractivity contribution in [3.8, 4) is 11.5 Å². The van der Waals surface area contributed by atoms with Gasteiger partial charge in [-0.15, -0.1) is 0 Å². The van der Waals surface area contributed by atoms with Crippen LogP contribution in [0.15, 0.2) is 16.6 Å². The third-order valence-corrected chi connectivity index (χ3v) is 3.88. The van der Waals surface area contributed by atoms with Gasteiger partial charge in [-0.25, -0.2) is 0 Å². The fourth-order valence-corrected chi connectivity index (χ4v) is 2.69. The summed E-state index contributed by atoms with van der Waals surface area (Å²) >= 11 is 3.52. The molecule has 3 nitrogen and oxygen atoms in total. The lowest BCUT2D eigenvalue weighted by Gasteiger charge is -2.15. The second kappa shape index (κ2) is 7.64. The summed E-state index contributed by atoms with van der Waals surface area (Å²) in [6.07, 6.45) is 3.18. The molecule has 1 rings (SSSR count). The van der Waals surface area contributed by atoms with E-state index in [2.05, 4.69) is 28.9 Å². The zero-order chi connectivity index (χ0) is 13.5. The quantitative estimate of drug-likeness (QED) is 0.839. The van der Waals surface area contributed by atoms with Crippen molar-refractivity contribution >= 4 is 15.9 Å². The maximum Gasteiger partial charge on any atom is 0.139 e. The summed E-state index contributed by atoms with van der Waals surface area (Å²) in [6.45, 7) is 2.99. The molecule has 1 unspecified atom stereocenters. The molecule has 0 saturated heterocycles. The van der Waals surface area contributed by atoms with Crippen molar-refractivity contribution in [2.75, 3.05) is 20.8 Å². The molecule has 0 aliphatic heterocycles. The number of nitrogens with two attached hydrogens (primary N) is 1. The fourth-order valence-electron chi connectivity index (χ4n) is 1.98. The Morgan fingerprint density at radius 2 is 1.94 bits per heavy atom. The lowest BCUT2D eigenvalue weighted by molar-refractivity contribution is 0.384. The first-order valence-corrected chi connectivity index (χ1v) is 7.02. The van der Waals surface area contributed by atoms with Crippen molar-refractivity contribution in [2.24, 2.45) is 11.7 Å². The number of halogens is 1. The Hall–Kier alpha value is -0.740. The molecule has 0 aliphatic rings. The maximum absolute atomic E-state index is 5.57. The normalized spacial score (nSPS) is 12.3. The van der Waals surface area contributed by atoms with E-state index in [0.717, 1.165) is 41.8 Å². The minimum Gasteiger partial charge on any atom is -0.495 e. The summed E-state index contributed by atoms with van der Waals surface area (Å²) in [5.74, 6) is 2.31. The first-order valence-electron chi connectivity index (χ1n) is 6.23. The molecule has 0 radical (unpaired) electrons. The van der Waals surface area contributed by atoms with Crippen LogP contribution in [0.4, 0.5) is 0 Å². The van der Waals surface area contributed by atoms with E-state index in [1.165, 1.54) is 5.56 Å². The van der Waals surface area contributed by atoms with Crippen LogP contribution < -0.4 is 15.2 Å². The Morgan fingerprint density at radius 3 is 2.50 bits per heavy atom. The number of aryl methyl sites for hydroxylation is 1. The van der Waals surface area contributed by atoms with Crippen molar-refractivity contribution in [1.29, 1.82) is 0 Å². The van der Waals surface area contributed by atoms with Crippen LogP contribution in [0.1, 0.15) is 25.3 Å². The van der Waals surface area contributed by atoms with E-state index in [9.17, 15) is 0 Å². The molecule has 0 aliphatic carbocycles. The van der Waals surface area contributed by atoms with Gasteiger partial charge in [-0.2, -0.15) is 0 Å². The van der Waals surface area contributed by atoms with Gasteiger partial charge in [0.1, 0.15) is 16.0 Å². The third-order valence-electron chi connectivity index (χ3n) is 3.13. The summed E-state index contributed by atoms with van der Waals surface area (Å²) in [6, 6.07) is 4.03. The molecule has 18 heavy (non-hydrogen) atoms. The highest BCUT2D eigenvalue weighted by Crippen LogP contribution is 2.37. The average molecular weight is 316 g/mol. The number of rotatable bonds is 7. The van der Waals surface area contributed by atoms with Crippen LogP contribution >= 0.6 is 15.9 Å². The minimum atomic E-state index is 0.639. The molecule has 1 atom stereocenters. The Bertz CT molecular complexity index is 382. The topological polar surface area (TPSA) is 44.5 Å². The minimum absolute atomic E-state index is 0.639. The van der Waals surface area contributed by atoms with Crippen molar-refractivity contribution < 1.29 is 9.47 Å². The van der Waals surface area contributed by atoms with Crippen LogP contribution in [-0.2, 0) is 6.42 Å². The largest absolute Gasteiger partial charge is 0.495 e. The Kier molecular flexibility index (Phi) is 6.50. The molecule has 1 aromatic carbocycles. The lowest BCUT2D eigenvalue weighted by Crippen LogP contribution is -2.07. The van der Waals surface area contributed by atoms with Crippen LogP contribution in [0.25, 0.3) is 0 Å². The van der Waals surface area contributed by atoms with Gasteiger partial charge in [0.25, 0.3) is 0 Å². The molecule has 102 valence electrons. The molecule has 0 aromatic heterocycles. The molecule has 1 aromatic rings. The van der Waals surface area contributed by atoms with Crippen LogP contribution in [0.3, 0.4) is 0 Å². The van der Waals surface area contributed by atoms with E-state index in [1.54, 1.807) is 14.2 Å². The number of methoxy groups -OCH3 is 2. The number of hydrogen-bond donors (Lipinski definition) is 1. The summed E-state index contributed by atoms with van der Waals surface area (Å²) < 4.78 is 11.6. The predicted octanol–water partition coefficient (Wildman–Crippen LogP) is 3.38.